The van der Waals surface area contributed by atoms with Gasteiger partial charge in [0, 0.05) is 25.9 Å². The van der Waals surface area contributed by atoms with E-state index in [0.29, 0.717) is 0 Å². The Bertz CT molecular complexity index is 321. The van der Waals surface area contributed by atoms with Crippen molar-refractivity contribution in [1.29, 1.82) is 0 Å². The summed E-state index contributed by atoms with van der Waals surface area (Å²) in [7, 11) is 2.02. The Balaban J connectivity index is 2.07. The molecule has 1 heterocycles. The summed E-state index contributed by atoms with van der Waals surface area (Å²) < 4.78 is 2.07. The van der Waals surface area contributed by atoms with Crippen LogP contribution >= 0.6 is 0 Å². The highest BCUT2D eigenvalue weighted by atomic mass is 16.3. The lowest BCUT2D eigenvalue weighted by atomic mass is 9.85. The highest BCUT2D eigenvalue weighted by Crippen LogP contribution is 2.40. The van der Waals surface area contributed by atoms with E-state index in [1.165, 1.54) is 0 Å². The predicted molar refractivity (Wildman–Crippen MR) is 54.9 cm³/mol. The SMILES string of the molecule is Cn1ccnc1CC1(C)CCC(O)C1. The second-order valence-electron chi connectivity index (χ2n) is 4.84. The fourth-order valence-corrected chi connectivity index (χ4v) is 2.40. The maximum absolute atomic E-state index is 9.54. The van der Waals surface area contributed by atoms with E-state index in [4.69, 9.17) is 0 Å². The molecule has 1 aliphatic rings. The summed E-state index contributed by atoms with van der Waals surface area (Å²) >= 11 is 0. The van der Waals surface area contributed by atoms with Crippen molar-refractivity contribution >= 4 is 0 Å². The van der Waals surface area contributed by atoms with Gasteiger partial charge in [-0.2, -0.15) is 0 Å². The lowest BCUT2D eigenvalue weighted by Crippen LogP contribution is -2.19. The van der Waals surface area contributed by atoms with Gasteiger partial charge in [0.2, 0.25) is 0 Å². The van der Waals surface area contributed by atoms with E-state index < -0.39 is 0 Å². The summed E-state index contributed by atoms with van der Waals surface area (Å²) in [5.74, 6) is 1.13. The lowest BCUT2D eigenvalue weighted by molar-refractivity contribution is 0.163. The second-order valence-corrected chi connectivity index (χ2v) is 4.84. The van der Waals surface area contributed by atoms with Crippen molar-refractivity contribution in [3.8, 4) is 0 Å². The molecule has 0 amide bonds. The largest absolute Gasteiger partial charge is 0.393 e. The average molecular weight is 194 g/mol. The van der Waals surface area contributed by atoms with Crippen LogP contribution in [0.5, 0.6) is 0 Å². The third-order valence-corrected chi connectivity index (χ3v) is 3.32. The number of aliphatic hydroxyl groups is 1. The maximum atomic E-state index is 9.54. The molecule has 1 saturated carbocycles. The molecule has 1 N–H and O–H groups in total. The van der Waals surface area contributed by atoms with Crippen molar-refractivity contribution in [2.45, 2.75) is 38.7 Å². The minimum Gasteiger partial charge on any atom is -0.393 e. The number of nitrogens with zero attached hydrogens (tertiary/aromatic N) is 2. The van der Waals surface area contributed by atoms with Gasteiger partial charge in [0.15, 0.2) is 0 Å². The normalized spacial score (nSPS) is 32.4. The first-order valence-corrected chi connectivity index (χ1v) is 5.23. The molecule has 2 unspecified atom stereocenters. The molecule has 1 aromatic heterocycles. The molecule has 1 fully saturated rings. The summed E-state index contributed by atoms with van der Waals surface area (Å²) in [6, 6.07) is 0. The molecule has 0 bridgehead atoms. The number of imidazole rings is 1. The molecule has 0 radical (unpaired) electrons. The van der Waals surface area contributed by atoms with E-state index in [-0.39, 0.29) is 11.5 Å². The zero-order valence-electron chi connectivity index (χ0n) is 8.90. The molecule has 78 valence electrons. The van der Waals surface area contributed by atoms with Crippen molar-refractivity contribution in [1.82, 2.24) is 9.55 Å². The standard InChI is InChI=1S/C11H18N2O/c1-11(4-3-9(14)7-11)8-10-12-5-6-13(10)2/h5-6,9,14H,3-4,7-8H2,1-2H3. The molecule has 3 nitrogen and oxygen atoms in total. The molecule has 14 heavy (non-hydrogen) atoms. The molecule has 0 aliphatic heterocycles. The van der Waals surface area contributed by atoms with E-state index in [9.17, 15) is 5.11 Å². The van der Waals surface area contributed by atoms with E-state index in [0.717, 1.165) is 31.5 Å². The Labute approximate surface area is 84.8 Å². The summed E-state index contributed by atoms with van der Waals surface area (Å²) in [5, 5.41) is 9.54. The van der Waals surface area contributed by atoms with Crippen molar-refractivity contribution in [3.05, 3.63) is 18.2 Å². The highest BCUT2D eigenvalue weighted by molar-refractivity contribution is 4.99. The number of aryl methyl sites for hydroxylation is 1. The zero-order valence-corrected chi connectivity index (χ0v) is 8.90. The smallest absolute Gasteiger partial charge is 0.108 e. The monoisotopic (exact) mass is 194 g/mol. The predicted octanol–water partition coefficient (Wildman–Crippen LogP) is 1.51. The molecule has 1 aromatic rings. The van der Waals surface area contributed by atoms with Crippen LogP contribution in [0.1, 0.15) is 32.0 Å². The molecular formula is C11H18N2O. The van der Waals surface area contributed by atoms with Gasteiger partial charge in [-0.25, -0.2) is 4.98 Å². The molecular weight excluding hydrogens is 176 g/mol. The minimum atomic E-state index is -0.0970. The van der Waals surface area contributed by atoms with Gasteiger partial charge in [0.05, 0.1) is 6.10 Å². The van der Waals surface area contributed by atoms with Gasteiger partial charge < -0.3 is 9.67 Å². The highest BCUT2D eigenvalue weighted by Gasteiger charge is 2.35. The van der Waals surface area contributed by atoms with Gasteiger partial charge in [-0.3, -0.25) is 0 Å². The average Bonchev–Trinajstić information content (AvgIpc) is 2.62. The fraction of sp³-hybridized carbons (Fsp3) is 0.727. The Kier molecular flexibility index (Phi) is 2.35. The number of hydrogen-bond acceptors (Lipinski definition) is 2. The fourth-order valence-electron chi connectivity index (χ4n) is 2.40. The summed E-state index contributed by atoms with van der Waals surface area (Å²) in [6.07, 6.45) is 7.67. The molecule has 0 aromatic carbocycles. The van der Waals surface area contributed by atoms with Gasteiger partial charge in [-0.05, 0) is 24.7 Å². The Morgan fingerprint density at radius 3 is 3.00 bits per heavy atom. The van der Waals surface area contributed by atoms with Crippen LogP contribution in [0.15, 0.2) is 12.4 Å². The third kappa shape index (κ3) is 1.82. The van der Waals surface area contributed by atoms with Gasteiger partial charge >= 0.3 is 0 Å². The van der Waals surface area contributed by atoms with E-state index >= 15 is 0 Å². The van der Waals surface area contributed by atoms with Gasteiger partial charge in [0.25, 0.3) is 0 Å². The van der Waals surface area contributed by atoms with E-state index in [1.807, 2.05) is 19.4 Å². The summed E-state index contributed by atoms with van der Waals surface area (Å²) in [6.45, 7) is 2.25. The van der Waals surface area contributed by atoms with Crippen LogP contribution in [0.3, 0.4) is 0 Å². The maximum Gasteiger partial charge on any atom is 0.108 e. The zero-order chi connectivity index (χ0) is 10.2. The Morgan fingerprint density at radius 2 is 2.50 bits per heavy atom. The summed E-state index contributed by atoms with van der Waals surface area (Å²) in [5.41, 5.74) is 0.249. The Hall–Kier alpha value is -0.830. The molecule has 0 saturated heterocycles. The van der Waals surface area contributed by atoms with Crippen LogP contribution in [0.25, 0.3) is 0 Å². The number of hydrogen-bond donors (Lipinski definition) is 1. The van der Waals surface area contributed by atoms with Crippen LogP contribution in [0.2, 0.25) is 0 Å². The van der Waals surface area contributed by atoms with Crippen LogP contribution in [-0.4, -0.2) is 20.8 Å². The number of aliphatic hydroxyl groups excluding tert-OH is 1. The Morgan fingerprint density at radius 1 is 1.71 bits per heavy atom. The minimum absolute atomic E-state index is 0.0970. The quantitative estimate of drug-likeness (QED) is 0.775. The summed E-state index contributed by atoms with van der Waals surface area (Å²) in [4.78, 5) is 4.33. The van der Waals surface area contributed by atoms with Gasteiger partial charge in [0.1, 0.15) is 5.82 Å². The van der Waals surface area contributed by atoms with E-state index in [1.54, 1.807) is 0 Å². The first-order chi connectivity index (χ1) is 6.59. The van der Waals surface area contributed by atoms with Crippen molar-refractivity contribution in [3.63, 3.8) is 0 Å². The van der Waals surface area contributed by atoms with Crippen molar-refractivity contribution in [2.24, 2.45) is 12.5 Å². The first kappa shape index (κ1) is 9.71. The van der Waals surface area contributed by atoms with Crippen LogP contribution in [0.4, 0.5) is 0 Å². The third-order valence-electron chi connectivity index (χ3n) is 3.32. The van der Waals surface area contributed by atoms with Crippen LogP contribution in [0, 0.1) is 5.41 Å². The molecule has 2 atom stereocenters. The molecule has 0 spiro atoms. The topological polar surface area (TPSA) is 38.0 Å². The first-order valence-electron chi connectivity index (χ1n) is 5.23. The van der Waals surface area contributed by atoms with Crippen molar-refractivity contribution < 1.29 is 5.11 Å². The van der Waals surface area contributed by atoms with Crippen LogP contribution < -0.4 is 0 Å². The van der Waals surface area contributed by atoms with Crippen LogP contribution in [-0.2, 0) is 13.5 Å². The number of rotatable bonds is 2. The lowest BCUT2D eigenvalue weighted by Gasteiger charge is -2.22. The molecule has 3 heteroatoms. The second kappa shape index (κ2) is 3.39. The molecule has 2 rings (SSSR count). The number of aromatic nitrogens is 2. The van der Waals surface area contributed by atoms with Gasteiger partial charge in [-0.1, -0.05) is 6.92 Å². The van der Waals surface area contributed by atoms with Crippen molar-refractivity contribution in [2.75, 3.05) is 0 Å². The van der Waals surface area contributed by atoms with E-state index in [2.05, 4.69) is 16.5 Å². The van der Waals surface area contributed by atoms with Gasteiger partial charge in [-0.15, -0.1) is 0 Å². The molecule has 1 aliphatic carbocycles.